The number of nitrogens with one attached hydrogen (secondary N) is 1. The van der Waals surface area contributed by atoms with E-state index in [1.807, 2.05) is 30.3 Å². The van der Waals surface area contributed by atoms with Gasteiger partial charge in [0, 0.05) is 18.9 Å². The molecule has 0 aliphatic heterocycles. The van der Waals surface area contributed by atoms with Crippen molar-refractivity contribution in [2.75, 3.05) is 0 Å². The number of aliphatic carboxylic acids is 1. The fourth-order valence-corrected chi connectivity index (χ4v) is 2.94. The summed E-state index contributed by atoms with van der Waals surface area (Å²) in [5.41, 5.74) is 3.40. The molecule has 0 spiro atoms. The largest absolute Gasteiger partial charge is 0.507 e. The Morgan fingerprint density at radius 1 is 0.933 bits per heavy atom. The maximum atomic E-state index is 11.4. The summed E-state index contributed by atoms with van der Waals surface area (Å²) in [4.78, 5) is 22.6. The van der Waals surface area contributed by atoms with Crippen LogP contribution in [0, 0.1) is 0 Å². The summed E-state index contributed by atoms with van der Waals surface area (Å²) in [7, 11) is 0. The Kier molecular flexibility index (Phi) is 6.54. The summed E-state index contributed by atoms with van der Waals surface area (Å²) in [5.74, 6) is -1.46. The zero-order valence-electron chi connectivity index (χ0n) is 16.3. The first-order valence-electron chi connectivity index (χ1n) is 9.31. The number of hydrogen-bond acceptors (Lipinski definition) is 5. The maximum Gasteiger partial charge on any atom is 0.326 e. The van der Waals surface area contributed by atoms with Crippen molar-refractivity contribution in [3.05, 3.63) is 78.4 Å². The van der Waals surface area contributed by atoms with Gasteiger partial charge in [0.1, 0.15) is 11.8 Å². The van der Waals surface area contributed by atoms with E-state index in [2.05, 4.69) is 15.5 Å². The molecule has 1 atom stereocenters. The number of amides is 1. The van der Waals surface area contributed by atoms with Crippen LogP contribution in [0.25, 0.3) is 11.1 Å². The van der Waals surface area contributed by atoms with Crippen LogP contribution in [0.1, 0.15) is 12.5 Å². The van der Waals surface area contributed by atoms with Gasteiger partial charge in [-0.1, -0.05) is 36.4 Å². The molecule has 7 nitrogen and oxygen atoms in total. The Hall–Kier alpha value is -4.00. The lowest BCUT2D eigenvalue weighted by atomic mass is 9.98. The van der Waals surface area contributed by atoms with E-state index in [4.69, 9.17) is 0 Å². The minimum atomic E-state index is -1.12. The Morgan fingerprint density at radius 2 is 1.57 bits per heavy atom. The smallest absolute Gasteiger partial charge is 0.326 e. The lowest BCUT2D eigenvalue weighted by molar-refractivity contribution is -0.141. The first-order chi connectivity index (χ1) is 14.4. The third kappa shape index (κ3) is 5.51. The van der Waals surface area contributed by atoms with E-state index in [1.165, 1.54) is 13.0 Å². The van der Waals surface area contributed by atoms with Gasteiger partial charge in [0.15, 0.2) is 0 Å². The lowest BCUT2D eigenvalue weighted by Crippen LogP contribution is -2.41. The first kappa shape index (κ1) is 20.7. The Morgan fingerprint density at radius 3 is 2.17 bits per heavy atom. The molecule has 152 valence electrons. The average molecular weight is 403 g/mol. The van der Waals surface area contributed by atoms with E-state index in [9.17, 15) is 19.8 Å². The predicted molar refractivity (Wildman–Crippen MR) is 113 cm³/mol. The highest BCUT2D eigenvalue weighted by Crippen LogP contribution is 2.32. The minimum Gasteiger partial charge on any atom is -0.507 e. The number of carboxylic acids is 1. The van der Waals surface area contributed by atoms with Gasteiger partial charge in [-0.2, -0.15) is 10.2 Å². The molecule has 0 unspecified atom stereocenters. The van der Waals surface area contributed by atoms with Gasteiger partial charge in [-0.3, -0.25) is 4.79 Å². The molecule has 0 fully saturated rings. The van der Waals surface area contributed by atoms with Crippen LogP contribution >= 0.6 is 0 Å². The van der Waals surface area contributed by atoms with Crippen molar-refractivity contribution in [2.24, 2.45) is 10.2 Å². The molecule has 3 N–H and O–H groups in total. The van der Waals surface area contributed by atoms with Crippen LogP contribution < -0.4 is 5.32 Å². The van der Waals surface area contributed by atoms with Gasteiger partial charge in [-0.25, -0.2) is 4.79 Å². The third-order valence-electron chi connectivity index (χ3n) is 4.39. The number of phenols is 1. The van der Waals surface area contributed by atoms with Gasteiger partial charge in [0.05, 0.1) is 11.4 Å². The monoisotopic (exact) mass is 403 g/mol. The van der Waals surface area contributed by atoms with E-state index in [-0.39, 0.29) is 12.2 Å². The number of hydrogen-bond donors (Lipinski definition) is 3. The average Bonchev–Trinajstić information content (AvgIpc) is 2.74. The van der Waals surface area contributed by atoms with Crippen molar-refractivity contribution in [3.8, 4) is 16.9 Å². The highest BCUT2D eigenvalue weighted by atomic mass is 16.4. The van der Waals surface area contributed by atoms with E-state index in [0.717, 1.165) is 11.3 Å². The van der Waals surface area contributed by atoms with Crippen LogP contribution in [-0.2, 0) is 16.0 Å². The van der Waals surface area contributed by atoms with Gasteiger partial charge >= 0.3 is 5.97 Å². The van der Waals surface area contributed by atoms with Crippen LogP contribution in [0.2, 0.25) is 0 Å². The maximum absolute atomic E-state index is 11.4. The van der Waals surface area contributed by atoms with Crippen molar-refractivity contribution >= 4 is 23.3 Å². The number of carbonyl (C=O) groups is 2. The zero-order valence-corrected chi connectivity index (χ0v) is 16.3. The summed E-state index contributed by atoms with van der Waals surface area (Å²) >= 11 is 0. The second-order valence-electron chi connectivity index (χ2n) is 6.73. The summed E-state index contributed by atoms with van der Waals surface area (Å²) in [6.45, 7) is 1.27. The molecule has 3 aromatic carbocycles. The van der Waals surface area contributed by atoms with Crippen LogP contribution in [0.15, 0.2) is 83.0 Å². The molecular formula is C23H21N3O4. The molecule has 30 heavy (non-hydrogen) atoms. The van der Waals surface area contributed by atoms with Crippen molar-refractivity contribution in [3.63, 3.8) is 0 Å². The number of carboxylic acid groups (broad SMARTS) is 1. The standard InChI is InChI=1S/C23H21N3O4/c1-15(27)24-21(23(29)30)14-16-7-12-22(28)20(13-16)17-8-10-19(11-9-17)26-25-18-5-3-2-4-6-18/h2-13,21,28H,14H2,1H3,(H,24,27)(H,29,30)/t21-/m0/s1. The van der Waals surface area contributed by atoms with Crippen molar-refractivity contribution in [1.82, 2.24) is 5.32 Å². The number of phenolic OH excluding ortho intramolecular Hbond substituents is 1. The van der Waals surface area contributed by atoms with Crippen molar-refractivity contribution in [2.45, 2.75) is 19.4 Å². The molecule has 3 aromatic rings. The predicted octanol–water partition coefficient (Wildman–Crippen LogP) is 4.61. The normalized spacial score (nSPS) is 11.9. The third-order valence-corrected chi connectivity index (χ3v) is 4.39. The summed E-state index contributed by atoms with van der Waals surface area (Å²) < 4.78 is 0. The molecule has 0 radical (unpaired) electrons. The second-order valence-corrected chi connectivity index (χ2v) is 6.73. The van der Waals surface area contributed by atoms with Crippen molar-refractivity contribution < 1.29 is 19.8 Å². The van der Waals surface area contributed by atoms with Crippen LogP contribution in [0.3, 0.4) is 0 Å². The van der Waals surface area contributed by atoms with Gasteiger partial charge in [-0.15, -0.1) is 0 Å². The molecule has 0 heterocycles. The SMILES string of the molecule is CC(=O)N[C@@H](Cc1ccc(O)c(-c2ccc(N=Nc3ccccc3)cc2)c1)C(=O)O. The summed E-state index contributed by atoms with van der Waals surface area (Å²) in [5, 5.41) is 30.4. The van der Waals surface area contributed by atoms with Crippen LogP contribution in [-0.4, -0.2) is 28.1 Å². The minimum absolute atomic E-state index is 0.0730. The molecule has 7 heteroatoms. The Bertz CT molecular complexity index is 1060. The van der Waals surface area contributed by atoms with Gasteiger partial charge in [-0.05, 0) is 47.5 Å². The number of benzene rings is 3. The van der Waals surface area contributed by atoms with E-state index < -0.39 is 17.9 Å². The van der Waals surface area contributed by atoms with Gasteiger partial charge in [0.2, 0.25) is 5.91 Å². The molecule has 0 aliphatic carbocycles. The van der Waals surface area contributed by atoms with E-state index in [0.29, 0.717) is 16.8 Å². The Labute approximate surface area is 173 Å². The first-order valence-corrected chi connectivity index (χ1v) is 9.31. The topological polar surface area (TPSA) is 111 Å². The molecule has 1 amide bonds. The highest BCUT2D eigenvalue weighted by Gasteiger charge is 2.19. The number of azo groups is 1. The summed E-state index contributed by atoms with van der Waals surface area (Å²) in [6, 6.07) is 20.4. The number of rotatable bonds is 7. The quantitative estimate of drug-likeness (QED) is 0.500. The lowest BCUT2D eigenvalue weighted by Gasteiger charge is -2.14. The number of nitrogens with zero attached hydrogens (tertiary/aromatic N) is 2. The molecule has 0 saturated heterocycles. The zero-order chi connectivity index (χ0) is 21.5. The van der Waals surface area contributed by atoms with Crippen LogP contribution in [0.4, 0.5) is 11.4 Å². The molecule has 0 aliphatic rings. The molecule has 0 saturated carbocycles. The molecular weight excluding hydrogens is 382 g/mol. The summed E-state index contributed by atoms with van der Waals surface area (Å²) in [6.07, 6.45) is 0.103. The van der Waals surface area contributed by atoms with Gasteiger partial charge < -0.3 is 15.5 Å². The molecule has 3 rings (SSSR count). The fourth-order valence-electron chi connectivity index (χ4n) is 2.94. The number of carbonyl (C=O) groups excluding carboxylic acids is 1. The molecule has 0 aromatic heterocycles. The van der Waals surface area contributed by atoms with Crippen LogP contribution in [0.5, 0.6) is 5.75 Å². The van der Waals surface area contributed by atoms with Gasteiger partial charge in [0.25, 0.3) is 0 Å². The highest BCUT2D eigenvalue weighted by molar-refractivity contribution is 5.82. The van der Waals surface area contributed by atoms with E-state index >= 15 is 0 Å². The Balaban J connectivity index is 1.80. The second kappa shape index (κ2) is 9.47. The molecule has 0 bridgehead atoms. The van der Waals surface area contributed by atoms with Crippen molar-refractivity contribution in [1.29, 1.82) is 0 Å². The fraction of sp³-hybridized carbons (Fsp3) is 0.130. The number of aromatic hydroxyl groups is 1. The van der Waals surface area contributed by atoms with E-state index in [1.54, 1.807) is 36.4 Å².